The number of aliphatic hydroxyl groups excluding tert-OH is 1. The van der Waals surface area contributed by atoms with Crippen LogP contribution in [0, 0.1) is 17.3 Å². The standard InChI is InChI=1S/C14H17NO2S/c1-2-14(5-6-14)10-15-13(17)11-8-12(18-9-11)4-3-7-16/h8-9,16H,2,5-7,10H2,1H3,(H,15,17). The smallest absolute Gasteiger partial charge is 0.252 e. The van der Waals surface area contributed by atoms with Crippen LogP contribution in [0.15, 0.2) is 11.4 Å². The highest BCUT2D eigenvalue weighted by molar-refractivity contribution is 7.10. The Kier molecular flexibility index (Phi) is 4.05. The largest absolute Gasteiger partial charge is 0.384 e. The molecule has 2 rings (SSSR count). The molecule has 18 heavy (non-hydrogen) atoms. The summed E-state index contributed by atoms with van der Waals surface area (Å²) in [6.07, 6.45) is 3.57. The van der Waals surface area contributed by atoms with Gasteiger partial charge in [-0.2, -0.15) is 0 Å². The van der Waals surface area contributed by atoms with Crippen molar-refractivity contribution in [1.82, 2.24) is 5.32 Å². The van der Waals surface area contributed by atoms with Crippen LogP contribution in [0.3, 0.4) is 0 Å². The van der Waals surface area contributed by atoms with Crippen LogP contribution in [0.4, 0.5) is 0 Å². The summed E-state index contributed by atoms with van der Waals surface area (Å²) in [5.41, 5.74) is 1.03. The number of rotatable bonds is 4. The highest BCUT2D eigenvalue weighted by Gasteiger charge is 2.40. The third kappa shape index (κ3) is 3.12. The van der Waals surface area contributed by atoms with Gasteiger partial charge in [-0.05, 0) is 30.7 Å². The van der Waals surface area contributed by atoms with E-state index in [1.54, 1.807) is 6.07 Å². The topological polar surface area (TPSA) is 49.3 Å². The molecule has 0 unspecified atom stereocenters. The Labute approximate surface area is 111 Å². The molecule has 1 amide bonds. The molecule has 3 nitrogen and oxygen atoms in total. The van der Waals surface area contributed by atoms with E-state index in [4.69, 9.17) is 5.11 Å². The fourth-order valence-corrected chi connectivity index (χ4v) is 2.60. The first-order valence-electron chi connectivity index (χ1n) is 6.15. The molecule has 1 heterocycles. The quantitative estimate of drug-likeness (QED) is 0.816. The maximum absolute atomic E-state index is 11.9. The summed E-state index contributed by atoms with van der Waals surface area (Å²) in [6.45, 7) is 2.79. The zero-order chi connectivity index (χ0) is 13.0. The van der Waals surface area contributed by atoms with Gasteiger partial charge in [-0.15, -0.1) is 11.3 Å². The zero-order valence-corrected chi connectivity index (χ0v) is 11.3. The SMILES string of the molecule is CCC1(CNC(=O)c2csc(C#CCO)c2)CC1. The van der Waals surface area contributed by atoms with E-state index in [0.717, 1.165) is 17.8 Å². The van der Waals surface area contributed by atoms with E-state index < -0.39 is 0 Å². The number of hydrogen-bond donors (Lipinski definition) is 2. The first kappa shape index (κ1) is 13.1. The molecule has 0 bridgehead atoms. The summed E-state index contributed by atoms with van der Waals surface area (Å²) in [5, 5.41) is 13.4. The van der Waals surface area contributed by atoms with Crippen molar-refractivity contribution in [2.45, 2.75) is 26.2 Å². The molecule has 4 heteroatoms. The molecule has 0 atom stereocenters. The molecule has 0 aromatic carbocycles. The van der Waals surface area contributed by atoms with Gasteiger partial charge in [0.05, 0.1) is 10.4 Å². The van der Waals surface area contributed by atoms with Crippen molar-refractivity contribution in [1.29, 1.82) is 0 Å². The van der Waals surface area contributed by atoms with Crippen molar-refractivity contribution < 1.29 is 9.90 Å². The van der Waals surface area contributed by atoms with Gasteiger partial charge in [-0.1, -0.05) is 18.8 Å². The average molecular weight is 263 g/mol. The number of thiophene rings is 1. The Hall–Kier alpha value is -1.31. The summed E-state index contributed by atoms with van der Waals surface area (Å²) in [6, 6.07) is 1.77. The van der Waals surface area contributed by atoms with Gasteiger partial charge in [0.2, 0.25) is 0 Å². The Morgan fingerprint density at radius 1 is 1.61 bits per heavy atom. The van der Waals surface area contributed by atoms with E-state index in [2.05, 4.69) is 24.1 Å². The molecule has 1 aliphatic rings. The van der Waals surface area contributed by atoms with Gasteiger partial charge in [0.25, 0.3) is 5.91 Å². The van der Waals surface area contributed by atoms with Crippen molar-refractivity contribution in [3.05, 3.63) is 21.9 Å². The van der Waals surface area contributed by atoms with E-state index >= 15 is 0 Å². The molecule has 1 saturated carbocycles. The minimum Gasteiger partial charge on any atom is -0.384 e. The summed E-state index contributed by atoms with van der Waals surface area (Å²) in [4.78, 5) is 12.7. The molecule has 1 aromatic rings. The first-order chi connectivity index (χ1) is 8.69. The number of aliphatic hydroxyl groups is 1. The van der Waals surface area contributed by atoms with E-state index in [-0.39, 0.29) is 12.5 Å². The first-order valence-corrected chi connectivity index (χ1v) is 7.03. The van der Waals surface area contributed by atoms with Gasteiger partial charge in [0.1, 0.15) is 6.61 Å². The van der Waals surface area contributed by atoms with Crippen molar-refractivity contribution in [2.24, 2.45) is 5.41 Å². The van der Waals surface area contributed by atoms with Gasteiger partial charge < -0.3 is 10.4 Å². The Morgan fingerprint density at radius 3 is 3.00 bits per heavy atom. The lowest BCUT2D eigenvalue weighted by molar-refractivity contribution is 0.0945. The fraction of sp³-hybridized carbons (Fsp3) is 0.500. The van der Waals surface area contributed by atoms with Crippen LogP contribution >= 0.6 is 11.3 Å². The molecule has 0 radical (unpaired) electrons. The maximum Gasteiger partial charge on any atom is 0.252 e. The third-order valence-electron chi connectivity index (χ3n) is 3.48. The molecule has 2 N–H and O–H groups in total. The second kappa shape index (κ2) is 5.55. The predicted molar refractivity (Wildman–Crippen MR) is 72.6 cm³/mol. The van der Waals surface area contributed by atoms with Gasteiger partial charge >= 0.3 is 0 Å². The van der Waals surface area contributed by atoms with Crippen LogP contribution in [-0.2, 0) is 0 Å². The predicted octanol–water partition coefficient (Wildman–Crippen LogP) is 2.01. The number of hydrogen-bond acceptors (Lipinski definition) is 3. The number of amides is 1. The average Bonchev–Trinajstić information content (AvgIpc) is 3.03. The monoisotopic (exact) mass is 263 g/mol. The lowest BCUT2D eigenvalue weighted by Crippen LogP contribution is -2.29. The second-order valence-corrected chi connectivity index (χ2v) is 5.61. The van der Waals surface area contributed by atoms with Crippen LogP contribution in [0.1, 0.15) is 41.4 Å². The van der Waals surface area contributed by atoms with Crippen LogP contribution in [0.25, 0.3) is 0 Å². The Bertz CT molecular complexity index is 491. The molecule has 0 saturated heterocycles. The lowest BCUT2D eigenvalue weighted by atomic mass is 10.0. The Morgan fingerprint density at radius 2 is 2.39 bits per heavy atom. The number of nitrogens with one attached hydrogen (secondary N) is 1. The van der Waals surface area contributed by atoms with Gasteiger partial charge in [0.15, 0.2) is 0 Å². The molecule has 0 aliphatic heterocycles. The second-order valence-electron chi connectivity index (χ2n) is 4.70. The van der Waals surface area contributed by atoms with Crippen LogP contribution in [0.2, 0.25) is 0 Å². The molecule has 0 spiro atoms. The molecule has 1 aliphatic carbocycles. The fourth-order valence-electron chi connectivity index (χ4n) is 1.85. The molecule has 1 fully saturated rings. The van der Waals surface area contributed by atoms with E-state index in [0.29, 0.717) is 11.0 Å². The van der Waals surface area contributed by atoms with Crippen LogP contribution < -0.4 is 5.32 Å². The molecule has 1 aromatic heterocycles. The highest BCUT2D eigenvalue weighted by atomic mass is 32.1. The normalized spacial score (nSPS) is 15.7. The summed E-state index contributed by atoms with van der Waals surface area (Å²) in [5.74, 6) is 5.36. The number of carbonyl (C=O) groups is 1. The number of carbonyl (C=O) groups excluding carboxylic acids is 1. The van der Waals surface area contributed by atoms with Crippen molar-refractivity contribution in [3.8, 4) is 11.8 Å². The molecule has 96 valence electrons. The van der Waals surface area contributed by atoms with E-state index in [1.807, 2.05) is 5.38 Å². The minimum atomic E-state index is -0.154. The summed E-state index contributed by atoms with van der Waals surface area (Å²) < 4.78 is 0. The zero-order valence-electron chi connectivity index (χ0n) is 10.5. The van der Waals surface area contributed by atoms with Gasteiger partial charge in [-0.25, -0.2) is 0 Å². The third-order valence-corrected chi connectivity index (χ3v) is 4.33. The Balaban J connectivity index is 1.90. The van der Waals surface area contributed by atoms with Crippen LogP contribution in [0.5, 0.6) is 0 Å². The van der Waals surface area contributed by atoms with Crippen molar-refractivity contribution in [3.63, 3.8) is 0 Å². The summed E-state index contributed by atoms with van der Waals surface area (Å²) >= 11 is 1.43. The van der Waals surface area contributed by atoms with E-state index in [1.165, 1.54) is 24.2 Å². The van der Waals surface area contributed by atoms with E-state index in [9.17, 15) is 4.79 Å². The molecular formula is C14H17NO2S. The summed E-state index contributed by atoms with van der Waals surface area (Å²) in [7, 11) is 0. The van der Waals surface area contributed by atoms with Crippen molar-refractivity contribution in [2.75, 3.05) is 13.2 Å². The van der Waals surface area contributed by atoms with Gasteiger partial charge in [0, 0.05) is 11.9 Å². The van der Waals surface area contributed by atoms with Crippen molar-refractivity contribution >= 4 is 17.2 Å². The van der Waals surface area contributed by atoms with Gasteiger partial charge in [-0.3, -0.25) is 4.79 Å². The molecular weight excluding hydrogens is 246 g/mol. The lowest BCUT2D eigenvalue weighted by Gasteiger charge is -2.12. The highest BCUT2D eigenvalue weighted by Crippen LogP contribution is 2.47. The van der Waals surface area contributed by atoms with Crippen LogP contribution in [-0.4, -0.2) is 24.2 Å². The maximum atomic E-state index is 11.9. The minimum absolute atomic E-state index is 0.0250.